The van der Waals surface area contributed by atoms with Gasteiger partial charge in [0.25, 0.3) is 0 Å². The molecule has 0 aliphatic carbocycles. The standard InChI is InChI=1S/C17H19BrN2O3S/c18-15-3-5-17(6-4-15)24(21,22)20-11-1-2-14(12-20)13-23-16-7-9-19-10-8-16/h3-10,14H,1-2,11-13H2. The number of hydrogen-bond donors (Lipinski definition) is 0. The van der Waals surface area contributed by atoms with Crippen LogP contribution in [0, 0.1) is 5.92 Å². The largest absolute Gasteiger partial charge is 0.493 e. The molecule has 2 aromatic rings. The molecular formula is C17H19BrN2O3S. The first kappa shape index (κ1) is 17.4. The molecule has 1 aliphatic rings. The Morgan fingerprint density at radius 2 is 1.88 bits per heavy atom. The summed E-state index contributed by atoms with van der Waals surface area (Å²) in [4.78, 5) is 4.29. The van der Waals surface area contributed by atoms with Crippen molar-refractivity contribution < 1.29 is 13.2 Å². The van der Waals surface area contributed by atoms with Crippen molar-refractivity contribution >= 4 is 26.0 Å². The molecule has 1 aromatic heterocycles. The molecule has 128 valence electrons. The van der Waals surface area contributed by atoms with Crippen LogP contribution in [0.5, 0.6) is 5.75 Å². The van der Waals surface area contributed by atoms with Crippen molar-refractivity contribution in [2.45, 2.75) is 17.7 Å². The smallest absolute Gasteiger partial charge is 0.243 e. The molecule has 1 aliphatic heterocycles. The molecule has 5 nitrogen and oxygen atoms in total. The number of aromatic nitrogens is 1. The lowest BCUT2D eigenvalue weighted by Gasteiger charge is -2.31. The van der Waals surface area contributed by atoms with E-state index in [1.54, 1.807) is 53.1 Å². The van der Waals surface area contributed by atoms with Gasteiger partial charge in [-0.05, 0) is 49.2 Å². The summed E-state index contributed by atoms with van der Waals surface area (Å²) in [5, 5.41) is 0. The van der Waals surface area contributed by atoms with Crippen LogP contribution in [0.3, 0.4) is 0 Å². The first-order chi connectivity index (χ1) is 11.6. The lowest BCUT2D eigenvalue weighted by molar-refractivity contribution is 0.180. The number of benzene rings is 1. The van der Waals surface area contributed by atoms with Crippen LogP contribution in [0.25, 0.3) is 0 Å². The van der Waals surface area contributed by atoms with Crippen molar-refractivity contribution in [3.8, 4) is 5.75 Å². The Labute approximate surface area is 150 Å². The number of piperidine rings is 1. The number of nitrogens with zero attached hydrogens (tertiary/aromatic N) is 2. The summed E-state index contributed by atoms with van der Waals surface area (Å²) in [5.74, 6) is 0.954. The van der Waals surface area contributed by atoms with Crippen LogP contribution in [0.2, 0.25) is 0 Å². The predicted octanol–water partition coefficient (Wildman–Crippen LogP) is 3.32. The van der Waals surface area contributed by atoms with Gasteiger partial charge in [0, 0.05) is 35.9 Å². The zero-order valence-electron chi connectivity index (χ0n) is 13.1. The summed E-state index contributed by atoms with van der Waals surface area (Å²) in [6.07, 6.45) is 5.18. The SMILES string of the molecule is O=S(=O)(c1ccc(Br)cc1)N1CCCC(COc2ccncc2)C1. The van der Waals surface area contributed by atoms with Gasteiger partial charge in [0.2, 0.25) is 10.0 Å². The Balaban J connectivity index is 1.65. The van der Waals surface area contributed by atoms with E-state index >= 15 is 0 Å². The van der Waals surface area contributed by atoms with Gasteiger partial charge in [-0.25, -0.2) is 8.42 Å². The van der Waals surface area contributed by atoms with Crippen LogP contribution >= 0.6 is 15.9 Å². The van der Waals surface area contributed by atoms with Gasteiger partial charge in [-0.1, -0.05) is 15.9 Å². The van der Waals surface area contributed by atoms with Gasteiger partial charge in [-0.3, -0.25) is 4.98 Å². The van der Waals surface area contributed by atoms with Gasteiger partial charge in [-0.15, -0.1) is 0 Å². The van der Waals surface area contributed by atoms with Crippen molar-refractivity contribution in [1.29, 1.82) is 0 Å². The van der Waals surface area contributed by atoms with E-state index in [4.69, 9.17) is 4.74 Å². The van der Waals surface area contributed by atoms with Crippen molar-refractivity contribution in [3.05, 3.63) is 53.3 Å². The van der Waals surface area contributed by atoms with E-state index in [-0.39, 0.29) is 5.92 Å². The highest BCUT2D eigenvalue weighted by atomic mass is 79.9. The monoisotopic (exact) mass is 410 g/mol. The van der Waals surface area contributed by atoms with Gasteiger partial charge < -0.3 is 4.74 Å². The maximum absolute atomic E-state index is 12.8. The summed E-state index contributed by atoms with van der Waals surface area (Å²) in [6.45, 7) is 1.56. The van der Waals surface area contributed by atoms with Crippen LogP contribution in [0.1, 0.15) is 12.8 Å². The number of halogens is 1. The minimum absolute atomic E-state index is 0.192. The minimum atomic E-state index is -3.45. The third kappa shape index (κ3) is 4.15. The van der Waals surface area contributed by atoms with Crippen LogP contribution in [-0.2, 0) is 10.0 Å². The van der Waals surface area contributed by atoms with Crippen LogP contribution in [0.4, 0.5) is 0 Å². The van der Waals surface area contributed by atoms with Gasteiger partial charge >= 0.3 is 0 Å². The molecule has 1 fully saturated rings. The molecule has 7 heteroatoms. The van der Waals surface area contributed by atoms with E-state index in [1.807, 2.05) is 0 Å². The molecule has 3 rings (SSSR count). The fourth-order valence-electron chi connectivity index (χ4n) is 2.79. The number of rotatable bonds is 5. The fourth-order valence-corrected chi connectivity index (χ4v) is 4.60. The summed E-state index contributed by atoms with van der Waals surface area (Å²) in [6, 6.07) is 10.4. The quantitative estimate of drug-likeness (QED) is 0.758. The molecule has 0 spiro atoms. The Hall–Kier alpha value is -1.44. The summed E-state index contributed by atoms with van der Waals surface area (Å²) < 4.78 is 33.8. The highest BCUT2D eigenvalue weighted by Gasteiger charge is 2.30. The molecular weight excluding hydrogens is 392 g/mol. The molecule has 1 aromatic carbocycles. The highest BCUT2D eigenvalue weighted by Crippen LogP contribution is 2.25. The van der Waals surface area contributed by atoms with Gasteiger partial charge in [0.1, 0.15) is 5.75 Å². The molecule has 0 radical (unpaired) electrons. The van der Waals surface area contributed by atoms with Crippen LogP contribution in [0.15, 0.2) is 58.2 Å². The van der Waals surface area contributed by atoms with Crippen molar-refractivity contribution in [2.75, 3.05) is 19.7 Å². The van der Waals surface area contributed by atoms with Gasteiger partial charge in [0.05, 0.1) is 11.5 Å². The molecule has 0 amide bonds. The predicted molar refractivity (Wildman–Crippen MR) is 95.4 cm³/mol. The van der Waals surface area contributed by atoms with E-state index in [0.717, 1.165) is 23.1 Å². The minimum Gasteiger partial charge on any atom is -0.493 e. The van der Waals surface area contributed by atoms with Crippen molar-refractivity contribution in [2.24, 2.45) is 5.92 Å². The molecule has 0 saturated carbocycles. The number of sulfonamides is 1. The van der Waals surface area contributed by atoms with E-state index in [2.05, 4.69) is 20.9 Å². The zero-order chi connectivity index (χ0) is 17.0. The van der Waals surface area contributed by atoms with Crippen molar-refractivity contribution in [1.82, 2.24) is 9.29 Å². The first-order valence-electron chi connectivity index (χ1n) is 7.84. The van der Waals surface area contributed by atoms with E-state index in [9.17, 15) is 8.42 Å². The maximum atomic E-state index is 12.8. The average Bonchev–Trinajstić information content (AvgIpc) is 2.61. The second-order valence-electron chi connectivity index (χ2n) is 5.82. The fraction of sp³-hybridized carbons (Fsp3) is 0.353. The topological polar surface area (TPSA) is 59.5 Å². The molecule has 0 bridgehead atoms. The Morgan fingerprint density at radius 1 is 1.17 bits per heavy atom. The second-order valence-corrected chi connectivity index (χ2v) is 8.67. The van der Waals surface area contributed by atoms with Gasteiger partial charge in [-0.2, -0.15) is 4.31 Å². The average molecular weight is 411 g/mol. The lowest BCUT2D eigenvalue weighted by Crippen LogP contribution is -2.41. The van der Waals surface area contributed by atoms with E-state index in [0.29, 0.717) is 24.6 Å². The van der Waals surface area contributed by atoms with E-state index in [1.165, 1.54) is 0 Å². The Kier molecular flexibility index (Phi) is 5.53. The molecule has 24 heavy (non-hydrogen) atoms. The zero-order valence-corrected chi connectivity index (χ0v) is 15.5. The first-order valence-corrected chi connectivity index (χ1v) is 10.1. The van der Waals surface area contributed by atoms with Crippen molar-refractivity contribution in [3.63, 3.8) is 0 Å². The molecule has 1 saturated heterocycles. The summed E-state index contributed by atoms with van der Waals surface area (Å²) in [7, 11) is -3.45. The number of pyridine rings is 1. The number of ether oxygens (including phenoxy) is 1. The van der Waals surface area contributed by atoms with Crippen LogP contribution < -0.4 is 4.74 Å². The highest BCUT2D eigenvalue weighted by molar-refractivity contribution is 9.10. The second kappa shape index (κ2) is 7.63. The Morgan fingerprint density at radius 3 is 2.58 bits per heavy atom. The molecule has 1 unspecified atom stereocenters. The van der Waals surface area contributed by atoms with Crippen LogP contribution in [-0.4, -0.2) is 37.4 Å². The third-order valence-corrected chi connectivity index (χ3v) is 6.48. The van der Waals surface area contributed by atoms with Gasteiger partial charge in [0.15, 0.2) is 0 Å². The summed E-state index contributed by atoms with van der Waals surface area (Å²) in [5.41, 5.74) is 0. The third-order valence-electron chi connectivity index (χ3n) is 4.07. The maximum Gasteiger partial charge on any atom is 0.243 e. The molecule has 0 N–H and O–H groups in total. The lowest BCUT2D eigenvalue weighted by atomic mass is 10.0. The Bertz CT molecular complexity index is 766. The normalized spacial score (nSPS) is 19.1. The summed E-state index contributed by atoms with van der Waals surface area (Å²) >= 11 is 3.33. The molecule has 1 atom stereocenters. The molecule has 2 heterocycles. The van der Waals surface area contributed by atoms with E-state index < -0.39 is 10.0 Å². The number of hydrogen-bond acceptors (Lipinski definition) is 4.